The van der Waals surface area contributed by atoms with Crippen LogP contribution in [0.5, 0.6) is 0 Å². The third-order valence-corrected chi connectivity index (χ3v) is 3.55. The number of rotatable bonds is 8. The van der Waals surface area contributed by atoms with Crippen LogP contribution in [0.3, 0.4) is 0 Å². The molecule has 0 saturated carbocycles. The van der Waals surface area contributed by atoms with Crippen LogP contribution >= 0.6 is 0 Å². The summed E-state index contributed by atoms with van der Waals surface area (Å²) in [6.45, 7) is 5.63. The minimum atomic E-state index is 0.271. The Bertz CT molecular complexity index is 770. The molecule has 130 valence electrons. The highest BCUT2D eigenvalue weighted by molar-refractivity contribution is 5.59. The molecule has 2 aromatic heterocycles. The van der Waals surface area contributed by atoms with Crippen molar-refractivity contribution in [1.29, 1.82) is 0 Å². The van der Waals surface area contributed by atoms with Crippen molar-refractivity contribution in [2.45, 2.75) is 26.4 Å². The molecule has 0 aliphatic heterocycles. The predicted octanol–water partition coefficient (Wildman–Crippen LogP) is 4.03. The second-order valence-electron chi connectivity index (χ2n) is 5.92. The first-order chi connectivity index (χ1) is 12.2. The molecule has 0 radical (unpaired) electrons. The lowest BCUT2D eigenvalue weighted by molar-refractivity contribution is 0.0787. The molecule has 0 bridgehead atoms. The summed E-state index contributed by atoms with van der Waals surface area (Å²) in [5, 5.41) is 7.30. The maximum atomic E-state index is 5.51. The molecule has 6 nitrogen and oxygen atoms in total. The molecular formula is C19H22N4O2. The van der Waals surface area contributed by atoms with Gasteiger partial charge in [0.05, 0.1) is 11.7 Å². The van der Waals surface area contributed by atoms with Gasteiger partial charge < -0.3 is 14.6 Å². The van der Waals surface area contributed by atoms with Gasteiger partial charge in [0.25, 0.3) is 5.89 Å². The average molecular weight is 338 g/mol. The summed E-state index contributed by atoms with van der Waals surface area (Å²) in [6, 6.07) is 13.6. The zero-order valence-corrected chi connectivity index (χ0v) is 14.5. The summed E-state index contributed by atoms with van der Waals surface area (Å²) in [4.78, 5) is 8.82. The van der Waals surface area contributed by atoms with Crippen LogP contribution in [0.1, 0.15) is 20.3 Å². The van der Waals surface area contributed by atoms with E-state index in [1.807, 2.05) is 56.3 Å². The van der Waals surface area contributed by atoms with Gasteiger partial charge in [-0.25, -0.2) is 4.98 Å². The van der Waals surface area contributed by atoms with Crippen LogP contribution in [-0.2, 0) is 4.74 Å². The highest BCUT2D eigenvalue weighted by atomic mass is 16.5. The monoisotopic (exact) mass is 338 g/mol. The standard InChI is InChI=1S/C19H22N4O2/c1-14(2)24-12-6-11-20-17-10-9-16(13-21-17)19-22-18(23-25-19)15-7-4-3-5-8-15/h3-5,7-10,13-14H,6,11-12H2,1-2H3,(H,20,21). The van der Waals surface area contributed by atoms with Gasteiger partial charge in [-0.1, -0.05) is 35.5 Å². The van der Waals surface area contributed by atoms with Crippen LogP contribution < -0.4 is 5.32 Å². The highest BCUT2D eigenvalue weighted by Gasteiger charge is 2.10. The van der Waals surface area contributed by atoms with E-state index >= 15 is 0 Å². The van der Waals surface area contributed by atoms with Gasteiger partial charge in [0.15, 0.2) is 0 Å². The Hall–Kier alpha value is -2.73. The number of hydrogen-bond acceptors (Lipinski definition) is 6. The second-order valence-corrected chi connectivity index (χ2v) is 5.92. The maximum absolute atomic E-state index is 5.51. The van der Waals surface area contributed by atoms with Crippen molar-refractivity contribution in [3.05, 3.63) is 48.7 Å². The SMILES string of the molecule is CC(C)OCCCNc1ccc(-c2nc(-c3ccccc3)no2)cn1. The Morgan fingerprint density at radius 3 is 2.64 bits per heavy atom. The Morgan fingerprint density at radius 1 is 1.08 bits per heavy atom. The van der Waals surface area contributed by atoms with Crippen LogP contribution in [0.4, 0.5) is 5.82 Å². The first-order valence-corrected chi connectivity index (χ1v) is 8.43. The molecule has 0 unspecified atom stereocenters. The van der Waals surface area contributed by atoms with E-state index in [4.69, 9.17) is 9.26 Å². The fourth-order valence-electron chi connectivity index (χ4n) is 2.28. The van der Waals surface area contributed by atoms with Gasteiger partial charge in [-0.3, -0.25) is 0 Å². The normalized spacial score (nSPS) is 11.0. The molecule has 2 heterocycles. The van der Waals surface area contributed by atoms with Crippen molar-refractivity contribution in [3.8, 4) is 22.8 Å². The Labute approximate surface area is 147 Å². The smallest absolute Gasteiger partial charge is 0.259 e. The fourth-order valence-corrected chi connectivity index (χ4v) is 2.28. The maximum Gasteiger partial charge on any atom is 0.259 e. The topological polar surface area (TPSA) is 73.1 Å². The van der Waals surface area contributed by atoms with E-state index in [9.17, 15) is 0 Å². The third-order valence-electron chi connectivity index (χ3n) is 3.55. The number of pyridine rings is 1. The number of anilines is 1. The van der Waals surface area contributed by atoms with Gasteiger partial charge in [0.1, 0.15) is 5.82 Å². The van der Waals surface area contributed by atoms with E-state index in [2.05, 4.69) is 20.4 Å². The van der Waals surface area contributed by atoms with E-state index in [1.165, 1.54) is 0 Å². The molecule has 1 aromatic carbocycles. The van der Waals surface area contributed by atoms with E-state index in [0.717, 1.165) is 36.5 Å². The molecule has 0 amide bonds. The first kappa shape index (κ1) is 17.1. The number of nitrogens with zero attached hydrogens (tertiary/aromatic N) is 3. The second kappa shape index (κ2) is 8.39. The zero-order chi connectivity index (χ0) is 17.5. The zero-order valence-electron chi connectivity index (χ0n) is 14.5. The van der Waals surface area contributed by atoms with Crippen LogP contribution in [-0.4, -0.2) is 34.4 Å². The van der Waals surface area contributed by atoms with Crippen molar-refractivity contribution in [1.82, 2.24) is 15.1 Å². The molecule has 0 aliphatic rings. The summed E-state index contributed by atoms with van der Waals surface area (Å²) in [7, 11) is 0. The minimum Gasteiger partial charge on any atom is -0.379 e. The summed E-state index contributed by atoms with van der Waals surface area (Å²) in [5.74, 6) is 1.85. The number of nitrogens with one attached hydrogen (secondary N) is 1. The molecule has 0 atom stereocenters. The van der Waals surface area contributed by atoms with Gasteiger partial charge in [-0.15, -0.1) is 0 Å². The molecular weight excluding hydrogens is 316 g/mol. The largest absolute Gasteiger partial charge is 0.379 e. The summed E-state index contributed by atoms with van der Waals surface area (Å²) in [5.41, 5.74) is 1.72. The lowest BCUT2D eigenvalue weighted by atomic mass is 10.2. The van der Waals surface area contributed by atoms with Gasteiger partial charge in [-0.05, 0) is 32.4 Å². The molecule has 3 rings (SSSR count). The first-order valence-electron chi connectivity index (χ1n) is 8.43. The molecule has 0 saturated heterocycles. The van der Waals surface area contributed by atoms with Gasteiger partial charge in [0, 0.05) is 24.9 Å². The molecule has 1 N–H and O–H groups in total. The molecule has 6 heteroatoms. The molecule has 0 fully saturated rings. The summed E-state index contributed by atoms with van der Waals surface area (Å²) in [6.07, 6.45) is 2.94. The number of aromatic nitrogens is 3. The van der Waals surface area contributed by atoms with Crippen LogP contribution in [0, 0.1) is 0 Å². The van der Waals surface area contributed by atoms with Gasteiger partial charge in [-0.2, -0.15) is 4.98 Å². The van der Waals surface area contributed by atoms with E-state index < -0.39 is 0 Å². The molecule has 0 aliphatic carbocycles. The number of hydrogen-bond donors (Lipinski definition) is 1. The Morgan fingerprint density at radius 2 is 1.92 bits per heavy atom. The minimum absolute atomic E-state index is 0.271. The molecule has 25 heavy (non-hydrogen) atoms. The summed E-state index contributed by atoms with van der Waals surface area (Å²) < 4.78 is 10.8. The summed E-state index contributed by atoms with van der Waals surface area (Å²) >= 11 is 0. The van der Waals surface area contributed by atoms with Crippen LogP contribution in [0.25, 0.3) is 22.8 Å². The van der Waals surface area contributed by atoms with Gasteiger partial charge in [0.2, 0.25) is 5.82 Å². The molecule has 3 aromatic rings. The molecule has 0 spiro atoms. The van der Waals surface area contributed by atoms with Crippen LogP contribution in [0.15, 0.2) is 53.2 Å². The quantitative estimate of drug-likeness (QED) is 0.625. The highest BCUT2D eigenvalue weighted by Crippen LogP contribution is 2.22. The van der Waals surface area contributed by atoms with Crippen LogP contribution in [0.2, 0.25) is 0 Å². The lowest BCUT2D eigenvalue weighted by Crippen LogP contribution is -2.09. The van der Waals surface area contributed by atoms with E-state index in [0.29, 0.717) is 11.7 Å². The van der Waals surface area contributed by atoms with Gasteiger partial charge >= 0.3 is 0 Å². The average Bonchev–Trinajstić information content (AvgIpc) is 3.13. The fraction of sp³-hybridized carbons (Fsp3) is 0.316. The van der Waals surface area contributed by atoms with Crippen molar-refractivity contribution < 1.29 is 9.26 Å². The predicted molar refractivity (Wildman–Crippen MR) is 97.2 cm³/mol. The van der Waals surface area contributed by atoms with Crippen molar-refractivity contribution in [2.24, 2.45) is 0 Å². The van der Waals surface area contributed by atoms with E-state index in [-0.39, 0.29) is 6.10 Å². The Kier molecular flexibility index (Phi) is 5.74. The van der Waals surface area contributed by atoms with E-state index in [1.54, 1.807) is 6.20 Å². The lowest BCUT2D eigenvalue weighted by Gasteiger charge is -2.08. The van der Waals surface area contributed by atoms with Crippen molar-refractivity contribution in [3.63, 3.8) is 0 Å². The van der Waals surface area contributed by atoms with Crippen molar-refractivity contribution >= 4 is 5.82 Å². The Balaban J connectivity index is 1.57. The number of ether oxygens (including phenoxy) is 1. The third kappa shape index (κ3) is 4.87. The number of benzene rings is 1. The van der Waals surface area contributed by atoms with Crippen molar-refractivity contribution in [2.75, 3.05) is 18.5 Å².